The van der Waals surface area contributed by atoms with Crippen molar-refractivity contribution in [2.24, 2.45) is 5.41 Å². The zero-order valence-corrected chi connectivity index (χ0v) is 32.2. The van der Waals surface area contributed by atoms with E-state index in [0.717, 1.165) is 29.0 Å². The molecule has 3 rings (SSSR count). The highest BCUT2D eigenvalue weighted by atomic mass is 32.2. The molecule has 2 amide bonds. The van der Waals surface area contributed by atoms with E-state index in [0.29, 0.717) is 5.75 Å². The summed E-state index contributed by atoms with van der Waals surface area (Å²) in [6.45, 7) is 4.58. The number of anilines is 1. The summed E-state index contributed by atoms with van der Waals surface area (Å²) >= 11 is 1.03. The average Bonchev–Trinajstić information content (AvgIpc) is 3.61. The van der Waals surface area contributed by atoms with Crippen LogP contribution >= 0.6 is 35.2 Å². The maximum Gasteiger partial charge on any atom is 0.481 e. The molecule has 0 saturated carbocycles. The molecule has 0 aromatic carbocycles. The van der Waals surface area contributed by atoms with Crippen LogP contribution in [0.3, 0.4) is 0 Å². The van der Waals surface area contributed by atoms with Crippen LogP contribution in [-0.4, -0.2) is 129 Å². The standard InChI is InChI=1S/C23H38N7O17P3S.C2H2O/c1-12(31)51-7-6-25-14(32)4-5-26-21(35)18(34)23(2,3)9-44-50(41,42)47-49(39,40)43-8-13-17(46-48(36,37)38)16(33)22(45-13)30-11-29-15-19(24)27-10-28-20(15)30;1-2-3/h10-11,13,16-18,22,33-34H,4-9H2,1-3H3,(H,25,32)(H,26,35)(H,39,40)(H,41,42)(H2,24,27,28)(H2,36,37,38);1H2/t13-,16-,17-,18+,22-;/m1./s1. The molecule has 1 saturated heterocycles. The first-order chi connectivity index (χ1) is 24.9. The minimum absolute atomic E-state index is 0.0310. The van der Waals surface area contributed by atoms with Crippen molar-refractivity contribution < 1.29 is 85.3 Å². The lowest BCUT2D eigenvalue weighted by Crippen LogP contribution is -2.46. The van der Waals surface area contributed by atoms with E-state index in [1.165, 1.54) is 26.7 Å². The number of nitrogen functional groups attached to an aromatic ring is 1. The highest BCUT2D eigenvalue weighted by molar-refractivity contribution is 8.13. The molecule has 0 bridgehead atoms. The van der Waals surface area contributed by atoms with Crippen molar-refractivity contribution in [3.05, 3.63) is 19.2 Å². The predicted molar refractivity (Wildman–Crippen MR) is 184 cm³/mol. The number of aromatic nitrogens is 4. The molecule has 29 heteroatoms. The van der Waals surface area contributed by atoms with Crippen LogP contribution in [0.1, 0.15) is 33.4 Å². The number of phosphoric acid groups is 3. The number of amides is 2. The Labute approximate surface area is 310 Å². The summed E-state index contributed by atoms with van der Waals surface area (Å²) in [6, 6.07) is 0. The number of phosphoric ester groups is 3. The number of aliphatic hydroxyl groups is 2. The molecule has 3 heterocycles. The van der Waals surface area contributed by atoms with Gasteiger partial charge in [-0.1, -0.05) is 25.6 Å². The van der Waals surface area contributed by atoms with Gasteiger partial charge in [-0.05, 0) is 6.58 Å². The zero-order valence-electron chi connectivity index (χ0n) is 28.7. The van der Waals surface area contributed by atoms with Crippen molar-refractivity contribution in [1.29, 1.82) is 0 Å². The van der Waals surface area contributed by atoms with Crippen molar-refractivity contribution in [2.45, 2.75) is 57.8 Å². The lowest BCUT2D eigenvalue weighted by atomic mass is 9.87. The van der Waals surface area contributed by atoms with E-state index in [9.17, 15) is 57.9 Å². The topological polar surface area (TPSA) is 381 Å². The monoisotopic (exact) mass is 851 g/mol. The summed E-state index contributed by atoms with van der Waals surface area (Å²) in [7, 11) is -16.4. The largest absolute Gasteiger partial charge is 0.481 e. The second-order valence-electron chi connectivity index (χ2n) is 11.6. The lowest BCUT2D eigenvalue weighted by molar-refractivity contribution is -0.137. The maximum atomic E-state index is 12.6. The van der Waals surface area contributed by atoms with Crippen LogP contribution in [0.2, 0.25) is 0 Å². The number of carbonyl (C=O) groups is 3. The fourth-order valence-corrected chi connectivity index (χ4v) is 7.65. The van der Waals surface area contributed by atoms with Crippen LogP contribution in [0.4, 0.5) is 5.82 Å². The van der Waals surface area contributed by atoms with Gasteiger partial charge in [0.1, 0.15) is 42.2 Å². The van der Waals surface area contributed by atoms with Gasteiger partial charge in [0.15, 0.2) is 22.8 Å². The van der Waals surface area contributed by atoms with Crippen LogP contribution < -0.4 is 16.4 Å². The summed E-state index contributed by atoms with van der Waals surface area (Å²) in [5.41, 5.74) is 4.26. The van der Waals surface area contributed by atoms with Gasteiger partial charge in [0.05, 0.1) is 19.5 Å². The fraction of sp³-hybridized carbons (Fsp3) is 0.600. The third-order valence-corrected chi connectivity index (χ3v) is 10.7. The van der Waals surface area contributed by atoms with Crippen molar-refractivity contribution in [1.82, 2.24) is 30.2 Å². The first-order valence-corrected chi connectivity index (χ1v) is 20.6. The minimum Gasteiger partial charge on any atom is -0.386 e. The van der Waals surface area contributed by atoms with Gasteiger partial charge in [0.25, 0.3) is 0 Å². The van der Waals surface area contributed by atoms with Gasteiger partial charge < -0.3 is 50.9 Å². The van der Waals surface area contributed by atoms with Gasteiger partial charge >= 0.3 is 23.5 Å². The Morgan fingerprint density at radius 3 is 2.35 bits per heavy atom. The smallest absolute Gasteiger partial charge is 0.386 e. The number of nitrogens with zero attached hydrogens (tertiary/aromatic N) is 4. The third-order valence-electron chi connectivity index (χ3n) is 6.81. The molecular weight excluding hydrogens is 811 g/mol. The zero-order chi connectivity index (χ0) is 41.1. The Balaban J connectivity index is 0.00000325. The number of imidazole rings is 1. The Morgan fingerprint density at radius 2 is 1.74 bits per heavy atom. The highest BCUT2D eigenvalue weighted by Crippen LogP contribution is 2.61. The van der Waals surface area contributed by atoms with E-state index >= 15 is 0 Å². The Bertz CT molecular complexity index is 1800. The number of ether oxygens (including phenoxy) is 1. The number of rotatable bonds is 19. The van der Waals surface area contributed by atoms with Gasteiger partial charge in [-0.2, -0.15) is 4.31 Å². The van der Waals surface area contributed by atoms with E-state index in [2.05, 4.69) is 41.0 Å². The molecule has 1 aliphatic heterocycles. The van der Waals surface area contributed by atoms with Gasteiger partial charge in [-0.25, -0.2) is 33.4 Å². The van der Waals surface area contributed by atoms with Gasteiger partial charge in [0.2, 0.25) is 11.8 Å². The molecule has 2 aromatic heterocycles. The first kappa shape index (κ1) is 47.2. The summed E-state index contributed by atoms with van der Waals surface area (Å²) < 4.78 is 61.8. The molecule has 10 N–H and O–H groups in total. The molecule has 7 atom stereocenters. The second-order valence-corrected chi connectivity index (χ2v) is 17.1. The van der Waals surface area contributed by atoms with E-state index in [1.54, 1.807) is 0 Å². The molecule has 54 heavy (non-hydrogen) atoms. The van der Waals surface area contributed by atoms with Crippen LogP contribution in [0.5, 0.6) is 0 Å². The number of thioether (sulfide) groups is 1. The predicted octanol–water partition coefficient (Wildman–Crippen LogP) is -1.31. The van der Waals surface area contributed by atoms with Crippen molar-refractivity contribution in [3.63, 3.8) is 0 Å². The summed E-state index contributed by atoms with van der Waals surface area (Å²) in [4.78, 5) is 94.5. The molecule has 1 aliphatic rings. The third kappa shape index (κ3) is 14.9. The average molecular weight is 852 g/mol. The number of aliphatic hydroxyl groups excluding tert-OH is 2. The van der Waals surface area contributed by atoms with Crippen LogP contribution in [-0.2, 0) is 55.5 Å². The first-order valence-electron chi connectivity index (χ1n) is 15.1. The molecule has 0 spiro atoms. The molecule has 304 valence electrons. The Morgan fingerprint density at radius 1 is 1.11 bits per heavy atom. The minimum atomic E-state index is -5.56. The lowest BCUT2D eigenvalue weighted by Gasteiger charge is -2.30. The number of carbonyl (C=O) groups excluding carboxylic acids is 4. The number of nitrogens with two attached hydrogens (primary N) is 1. The van der Waals surface area contributed by atoms with E-state index in [1.807, 2.05) is 0 Å². The number of hydrogen-bond acceptors (Lipinski definition) is 19. The quantitative estimate of drug-likeness (QED) is 0.0450. The second kappa shape index (κ2) is 20.3. The Kier molecular flexibility index (Phi) is 17.7. The van der Waals surface area contributed by atoms with Crippen molar-refractivity contribution in [2.75, 3.05) is 37.8 Å². The van der Waals surface area contributed by atoms with Crippen LogP contribution in [0, 0.1) is 5.41 Å². The van der Waals surface area contributed by atoms with E-state index in [4.69, 9.17) is 24.3 Å². The maximum absolute atomic E-state index is 12.6. The van der Waals surface area contributed by atoms with Gasteiger partial charge in [0, 0.05) is 37.6 Å². The number of hydrogen-bond donors (Lipinski definition) is 9. The fourth-order valence-electron chi connectivity index (χ4n) is 4.32. The Hall–Kier alpha value is -2.99. The summed E-state index contributed by atoms with van der Waals surface area (Å²) in [5.74, 6) is 0.165. The molecular formula is C25H40N7O18P3S. The highest BCUT2D eigenvalue weighted by Gasteiger charge is 2.50. The van der Waals surface area contributed by atoms with Crippen LogP contribution in [0.15, 0.2) is 19.2 Å². The van der Waals surface area contributed by atoms with Crippen molar-refractivity contribution >= 4 is 75.1 Å². The normalized spacial score (nSPS) is 21.5. The van der Waals surface area contributed by atoms with Gasteiger partial charge in [-0.3, -0.25) is 32.5 Å². The molecule has 25 nitrogen and oxygen atoms in total. The molecule has 2 aromatic rings. The van der Waals surface area contributed by atoms with E-state index in [-0.39, 0.29) is 41.6 Å². The van der Waals surface area contributed by atoms with Crippen molar-refractivity contribution in [3.8, 4) is 0 Å². The summed E-state index contributed by atoms with van der Waals surface area (Å²) in [5, 5.41) is 26.1. The SMILES string of the molecule is C=C=O.CC(=O)SCCNC(=O)CCNC(=O)[C@H](O)C(C)(C)COP(=O)(O)OP(=O)(O)OC[C@H]1O[C@@H](n2cnc3c(N)ncnc32)[C@H](O)[C@@H]1OP(=O)(O)O. The summed E-state index contributed by atoms with van der Waals surface area (Å²) in [6.07, 6.45) is -6.88. The molecule has 0 aliphatic carbocycles. The van der Waals surface area contributed by atoms with Gasteiger partial charge in [-0.15, -0.1) is 0 Å². The molecule has 0 radical (unpaired) electrons. The number of fused-ring (bicyclic) bond motifs is 1. The van der Waals surface area contributed by atoms with Crippen LogP contribution in [0.25, 0.3) is 11.2 Å². The number of nitrogens with one attached hydrogen (secondary N) is 2. The van der Waals surface area contributed by atoms with E-state index < -0.39 is 84.6 Å². The molecule has 2 unspecified atom stereocenters. The molecule has 1 fully saturated rings.